The normalized spacial score (nSPS) is 10.9. The third-order valence-electron chi connectivity index (χ3n) is 4.48. The number of likely N-dealkylation sites (N-methyl/N-ethyl adjacent to an activating group) is 1. The quantitative estimate of drug-likeness (QED) is 0.597. The van der Waals surface area contributed by atoms with Crippen molar-refractivity contribution in [3.05, 3.63) is 66.1 Å². The second kappa shape index (κ2) is 8.70. The number of phenols is 1. The highest BCUT2D eigenvalue weighted by Crippen LogP contribution is 2.31. The summed E-state index contributed by atoms with van der Waals surface area (Å²) in [5.74, 6) is -1.07. The molecular weight excluding hydrogens is 371 g/mol. The van der Waals surface area contributed by atoms with Crippen molar-refractivity contribution >= 4 is 11.7 Å². The van der Waals surface area contributed by atoms with E-state index in [1.54, 1.807) is 36.5 Å². The lowest BCUT2D eigenvalue weighted by molar-refractivity contribution is 0.0951. The highest BCUT2D eigenvalue weighted by atomic mass is 19.1. The predicted molar refractivity (Wildman–Crippen MR) is 112 cm³/mol. The average Bonchev–Trinajstić information content (AvgIpc) is 2.70. The molecule has 0 aliphatic rings. The van der Waals surface area contributed by atoms with Gasteiger partial charge in [0, 0.05) is 36.0 Å². The Kier molecular flexibility index (Phi) is 6.09. The summed E-state index contributed by atoms with van der Waals surface area (Å²) >= 11 is 0. The Morgan fingerprint density at radius 2 is 1.93 bits per heavy atom. The fourth-order valence-electron chi connectivity index (χ4n) is 2.87. The molecule has 0 bridgehead atoms. The number of amides is 1. The standard InChI is InChI=1S/C22H23FN4O2/c1-27(2)9-8-25-22(29)16-5-3-4-14(10-16)17-11-18(21(24)26-13-17)15-6-7-20(28)19(23)12-15/h3-7,10-13,28H,8-9H2,1-2H3,(H2,24,26)(H,25,29). The van der Waals surface area contributed by atoms with Gasteiger partial charge in [0.25, 0.3) is 5.91 Å². The molecule has 0 aliphatic heterocycles. The zero-order valence-corrected chi connectivity index (χ0v) is 16.3. The molecule has 3 aromatic rings. The number of benzene rings is 2. The molecular formula is C22H23FN4O2. The zero-order valence-electron chi connectivity index (χ0n) is 16.3. The van der Waals surface area contributed by atoms with E-state index in [9.17, 15) is 14.3 Å². The van der Waals surface area contributed by atoms with Crippen LogP contribution in [0.1, 0.15) is 10.4 Å². The molecule has 7 heteroatoms. The maximum atomic E-state index is 13.8. The number of nitrogen functional groups attached to an aromatic ring is 1. The molecule has 0 atom stereocenters. The van der Waals surface area contributed by atoms with Crippen LogP contribution in [0.25, 0.3) is 22.3 Å². The SMILES string of the molecule is CN(C)CCNC(=O)c1cccc(-c2cnc(N)c(-c3ccc(O)c(F)c3)c2)c1. The van der Waals surface area contributed by atoms with Gasteiger partial charge in [0.1, 0.15) is 5.82 Å². The van der Waals surface area contributed by atoms with Crippen LogP contribution in [0.2, 0.25) is 0 Å². The van der Waals surface area contributed by atoms with Crippen molar-refractivity contribution in [1.29, 1.82) is 0 Å². The minimum Gasteiger partial charge on any atom is -0.505 e. The maximum absolute atomic E-state index is 13.8. The van der Waals surface area contributed by atoms with Crippen LogP contribution in [0.4, 0.5) is 10.2 Å². The third-order valence-corrected chi connectivity index (χ3v) is 4.48. The Morgan fingerprint density at radius 3 is 2.66 bits per heavy atom. The Bertz CT molecular complexity index is 1040. The first kappa shape index (κ1) is 20.3. The van der Waals surface area contributed by atoms with Gasteiger partial charge in [-0.05, 0) is 55.6 Å². The molecule has 0 saturated heterocycles. The van der Waals surface area contributed by atoms with Crippen LogP contribution < -0.4 is 11.1 Å². The number of phenolic OH excluding ortho intramolecular Hbond substituents is 1. The lowest BCUT2D eigenvalue weighted by Crippen LogP contribution is -2.31. The molecule has 29 heavy (non-hydrogen) atoms. The van der Waals surface area contributed by atoms with Gasteiger partial charge in [0.15, 0.2) is 11.6 Å². The number of nitrogens with zero attached hydrogens (tertiary/aromatic N) is 2. The highest BCUT2D eigenvalue weighted by Gasteiger charge is 2.12. The first-order chi connectivity index (χ1) is 13.8. The van der Waals surface area contributed by atoms with E-state index >= 15 is 0 Å². The second-order valence-corrected chi connectivity index (χ2v) is 6.96. The van der Waals surface area contributed by atoms with E-state index in [0.29, 0.717) is 23.2 Å². The number of halogens is 1. The summed E-state index contributed by atoms with van der Waals surface area (Å²) in [5.41, 5.74) is 9.10. The van der Waals surface area contributed by atoms with E-state index in [2.05, 4.69) is 10.3 Å². The van der Waals surface area contributed by atoms with Crippen LogP contribution in [0.5, 0.6) is 5.75 Å². The van der Waals surface area contributed by atoms with Crippen molar-refractivity contribution in [3.63, 3.8) is 0 Å². The maximum Gasteiger partial charge on any atom is 0.251 e. The molecule has 1 aromatic heterocycles. The van der Waals surface area contributed by atoms with Gasteiger partial charge in [-0.25, -0.2) is 9.37 Å². The Morgan fingerprint density at radius 1 is 1.14 bits per heavy atom. The molecule has 1 amide bonds. The van der Waals surface area contributed by atoms with Gasteiger partial charge in [-0.3, -0.25) is 4.79 Å². The summed E-state index contributed by atoms with van der Waals surface area (Å²) in [6, 6.07) is 13.0. The molecule has 0 fully saturated rings. The molecule has 0 radical (unpaired) electrons. The topological polar surface area (TPSA) is 91.5 Å². The monoisotopic (exact) mass is 394 g/mol. The van der Waals surface area contributed by atoms with Crippen molar-refractivity contribution in [2.75, 3.05) is 32.9 Å². The smallest absolute Gasteiger partial charge is 0.251 e. The average molecular weight is 394 g/mol. The Labute approximate surface area is 168 Å². The van der Waals surface area contributed by atoms with Crippen LogP contribution in [0.3, 0.4) is 0 Å². The largest absolute Gasteiger partial charge is 0.505 e. The van der Waals surface area contributed by atoms with E-state index in [0.717, 1.165) is 17.7 Å². The molecule has 1 heterocycles. The molecule has 6 nitrogen and oxygen atoms in total. The van der Waals surface area contributed by atoms with E-state index in [-0.39, 0.29) is 11.7 Å². The minimum atomic E-state index is -0.733. The first-order valence-electron chi connectivity index (χ1n) is 9.13. The second-order valence-electron chi connectivity index (χ2n) is 6.96. The van der Waals surface area contributed by atoms with Gasteiger partial charge in [-0.2, -0.15) is 0 Å². The third kappa shape index (κ3) is 4.89. The molecule has 0 spiro atoms. The van der Waals surface area contributed by atoms with Gasteiger partial charge in [0.05, 0.1) is 0 Å². The number of hydrogen-bond acceptors (Lipinski definition) is 5. The number of pyridine rings is 1. The highest BCUT2D eigenvalue weighted by molar-refractivity contribution is 5.95. The summed E-state index contributed by atoms with van der Waals surface area (Å²) < 4.78 is 13.8. The minimum absolute atomic E-state index is 0.155. The molecule has 2 aromatic carbocycles. The molecule has 4 N–H and O–H groups in total. The molecule has 150 valence electrons. The predicted octanol–water partition coefficient (Wildman–Crippen LogP) is 3.13. The summed E-state index contributed by atoms with van der Waals surface area (Å²) in [4.78, 5) is 18.6. The summed E-state index contributed by atoms with van der Waals surface area (Å²) in [5, 5.41) is 12.3. The van der Waals surface area contributed by atoms with Crippen molar-refractivity contribution in [2.45, 2.75) is 0 Å². The van der Waals surface area contributed by atoms with Gasteiger partial charge in [-0.1, -0.05) is 18.2 Å². The van der Waals surface area contributed by atoms with E-state index in [1.807, 2.05) is 25.1 Å². The van der Waals surface area contributed by atoms with Crippen LogP contribution in [-0.4, -0.2) is 48.1 Å². The van der Waals surface area contributed by atoms with Crippen LogP contribution in [-0.2, 0) is 0 Å². The molecule has 0 saturated carbocycles. The van der Waals surface area contributed by atoms with Gasteiger partial charge in [-0.15, -0.1) is 0 Å². The number of rotatable bonds is 6. The molecule has 3 rings (SSSR count). The molecule has 0 unspecified atom stereocenters. The van der Waals surface area contributed by atoms with Crippen molar-refractivity contribution in [2.24, 2.45) is 0 Å². The van der Waals surface area contributed by atoms with Crippen molar-refractivity contribution in [3.8, 4) is 28.0 Å². The fourth-order valence-corrected chi connectivity index (χ4v) is 2.87. The number of carbonyl (C=O) groups is 1. The first-order valence-corrected chi connectivity index (χ1v) is 9.13. The van der Waals surface area contributed by atoms with Crippen LogP contribution in [0, 0.1) is 5.82 Å². The number of hydrogen-bond donors (Lipinski definition) is 3. The van der Waals surface area contributed by atoms with E-state index in [1.165, 1.54) is 12.1 Å². The van der Waals surface area contributed by atoms with Crippen LogP contribution in [0.15, 0.2) is 54.7 Å². The molecule has 0 aliphatic carbocycles. The Hall–Kier alpha value is -3.45. The summed E-state index contributed by atoms with van der Waals surface area (Å²) in [6.07, 6.45) is 1.61. The Balaban J connectivity index is 1.89. The van der Waals surface area contributed by atoms with Crippen LogP contribution >= 0.6 is 0 Å². The fraction of sp³-hybridized carbons (Fsp3) is 0.182. The van der Waals surface area contributed by atoms with Gasteiger partial charge < -0.3 is 21.1 Å². The lowest BCUT2D eigenvalue weighted by atomic mass is 9.99. The number of nitrogens with two attached hydrogens (primary N) is 1. The van der Waals surface area contributed by atoms with E-state index in [4.69, 9.17) is 5.73 Å². The zero-order chi connectivity index (χ0) is 21.0. The lowest BCUT2D eigenvalue weighted by Gasteiger charge is -2.12. The van der Waals surface area contributed by atoms with Gasteiger partial charge in [0.2, 0.25) is 0 Å². The number of carbonyl (C=O) groups excluding carboxylic acids is 1. The van der Waals surface area contributed by atoms with E-state index < -0.39 is 11.6 Å². The van der Waals surface area contributed by atoms with Crippen molar-refractivity contribution in [1.82, 2.24) is 15.2 Å². The summed E-state index contributed by atoms with van der Waals surface area (Å²) in [6.45, 7) is 1.30. The number of aromatic hydroxyl groups is 1. The number of anilines is 1. The number of nitrogens with one attached hydrogen (secondary N) is 1. The van der Waals surface area contributed by atoms with Gasteiger partial charge >= 0.3 is 0 Å². The van der Waals surface area contributed by atoms with Crippen molar-refractivity contribution < 1.29 is 14.3 Å². The summed E-state index contributed by atoms with van der Waals surface area (Å²) in [7, 11) is 3.89. The number of aromatic nitrogens is 1.